The molecule has 0 spiro atoms. The van der Waals surface area contributed by atoms with Crippen LogP contribution in [0.1, 0.15) is 329 Å². The molecule has 1 atom stereocenters. The number of unbranched alkanes of at least 4 members (excludes halogenated alkanes) is 33. The van der Waals surface area contributed by atoms with Gasteiger partial charge in [0, 0.05) is 19.3 Å². The Bertz CT molecular complexity index is 1620. The largest absolute Gasteiger partial charge is 0.462 e. The van der Waals surface area contributed by atoms with E-state index in [-0.39, 0.29) is 31.1 Å². The van der Waals surface area contributed by atoms with Crippen molar-refractivity contribution in [3.8, 4) is 0 Å². The molecule has 0 bridgehead atoms. The highest BCUT2D eigenvalue weighted by molar-refractivity contribution is 5.71. The first kappa shape index (κ1) is 77.1. The minimum atomic E-state index is -0.801. The predicted molar refractivity (Wildman–Crippen MR) is 353 cm³/mol. The Morgan fingerprint density at radius 1 is 0.259 bits per heavy atom. The molecule has 0 amide bonds. The smallest absolute Gasteiger partial charge is 0.306 e. The molecule has 81 heavy (non-hydrogen) atoms. The van der Waals surface area contributed by atoms with Gasteiger partial charge >= 0.3 is 17.9 Å². The summed E-state index contributed by atoms with van der Waals surface area (Å²) >= 11 is 0. The topological polar surface area (TPSA) is 78.9 Å². The van der Waals surface area contributed by atoms with Crippen LogP contribution in [0.15, 0.2) is 109 Å². The van der Waals surface area contributed by atoms with Crippen LogP contribution in [-0.4, -0.2) is 37.2 Å². The molecule has 0 fully saturated rings. The third kappa shape index (κ3) is 66.8. The highest BCUT2D eigenvalue weighted by Gasteiger charge is 2.19. The zero-order valence-electron chi connectivity index (χ0n) is 53.3. The summed E-state index contributed by atoms with van der Waals surface area (Å²) in [5.74, 6) is -0.934. The van der Waals surface area contributed by atoms with E-state index in [1.54, 1.807) is 0 Å². The number of carbonyl (C=O) groups is 3. The zero-order chi connectivity index (χ0) is 58.5. The number of rotatable bonds is 62. The Hall–Kier alpha value is -3.93. The second kappa shape index (κ2) is 68.6. The SMILES string of the molecule is CC/C=C\C/C=C\C/C=C\C/C=C\C/C=C\C/C=C\C/C=C\C/C=C\CCCCC(=O)OCC(COC(=O)CCCCCCC/C=C\CCCCCCCC)OC(=O)CCCCCCCCCCCCCCCCCCCCCCC. The van der Waals surface area contributed by atoms with Gasteiger partial charge in [-0.2, -0.15) is 0 Å². The normalized spacial score (nSPS) is 12.8. The molecule has 0 aromatic rings. The summed E-state index contributed by atoms with van der Waals surface area (Å²) < 4.78 is 16.9. The molecule has 0 aliphatic rings. The Balaban J connectivity index is 4.43. The first-order chi connectivity index (χ1) is 40.0. The lowest BCUT2D eigenvalue weighted by Gasteiger charge is -2.18. The van der Waals surface area contributed by atoms with Gasteiger partial charge in [-0.15, -0.1) is 0 Å². The average Bonchev–Trinajstić information content (AvgIpc) is 3.47. The molecule has 6 nitrogen and oxygen atoms in total. The van der Waals surface area contributed by atoms with Crippen LogP contribution in [0, 0.1) is 0 Å². The molecule has 0 aliphatic carbocycles. The first-order valence-corrected chi connectivity index (χ1v) is 34.4. The van der Waals surface area contributed by atoms with Gasteiger partial charge in [0.2, 0.25) is 0 Å². The van der Waals surface area contributed by atoms with Crippen molar-refractivity contribution >= 4 is 17.9 Å². The Morgan fingerprint density at radius 2 is 0.481 bits per heavy atom. The fraction of sp³-hybridized carbons (Fsp3) is 0.720. The molecular weight excluding hydrogens is 997 g/mol. The summed E-state index contributed by atoms with van der Waals surface area (Å²) in [5.41, 5.74) is 0. The van der Waals surface area contributed by atoms with Crippen molar-refractivity contribution in [1.82, 2.24) is 0 Å². The molecule has 0 radical (unpaired) electrons. The van der Waals surface area contributed by atoms with Crippen LogP contribution < -0.4 is 0 Å². The molecule has 0 rings (SSSR count). The van der Waals surface area contributed by atoms with Crippen LogP contribution in [0.5, 0.6) is 0 Å². The minimum Gasteiger partial charge on any atom is -0.462 e. The molecule has 0 saturated carbocycles. The standard InChI is InChI=1S/C75H128O6/c1-4-7-10-13-16-19-22-25-28-30-32-34-35-36-37-38-39-41-42-44-47-50-53-56-59-62-65-68-74(77)80-71-72(70-79-73(76)67-64-61-58-55-52-49-46-27-24-21-18-15-12-9-6-3)81-75(78)69-66-63-60-57-54-51-48-45-43-40-33-31-29-26-23-20-17-14-11-8-5-2/h7,10,16,19,25,27-28,32,34,36-37,39,41,44,46-47,53,56,72H,4-6,8-9,11-15,17-18,20-24,26,29-31,33,35,38,40,42-43,45,48-52,54-55,57-71H2,1-3H3/b10-7-,19-16-,28-25-,34-32-,37-36-,41-39-,46-27-,47-44-,56-53-. The summed E-state index contributed by atoms with van der Waals surface area (Å²) in [4.78, 5) is 38.4. The lowest BCUT2D eigenvalue weighted by molar-refractivity contribution is -0.167. The fourth-order valence-corrected chi connectivity index (χ4v) is 9.63. The van der Waals surface area contributed by atoms with Gasteiger partial charge in [-0.1, -0.05) is 310 Å². The van der Waals surface area contributed by atoms with E-state index in [0.717, 1.165) is 116 Å². The fourth-order valence-electron chi connectivity index (χ4n) is 9.63. The average molecular weight is 1130 g/mol. The third-order valence-corrected chi connectivity index (χ3v) is 14.8. The zero-order valence-corrected chi connectivity index (χ0v) is 53.3. The van der Waals surface area contributed by atoms with Gasteiger partial charge in [-0.25, -0.2) is 0 Å². The highest BCUT2D eigenvalue weighted by Crippen LogP contribution is 2.17. The maximum absolute atomic E-state index is 12.9. The molecule has 0 saturated heterocycles. The lowest BCUT2D eigenvalue weighted by Crippen LogP contribution is -2.30. The number of carbonyl (C=O) groups excluding carboxylic acids is 3. The summed E-state index contributed by atoms with van der Waals surface area (Å²) in [6, 6.07) is 0. The maximum atomic E-state index is 12.9. The molecule has 0 aromatic carbocycles. The van der Waals surface area contributed by atoms with Gasteiger partial charge < -0.3 is 14.2 Å². The molecule has 464 valence electrons. The van der Waals surface area contributed by atoms with E-state index in [1.807, 2.05) is 0 Å². The van der Waals surface area contributed by atoms with Crippen LogP contribution in [0.2, 0.25) is 0 Å². The molecule has 0 heterocycles. The van der Waals surface area contributed by atoms with Crippen molar-refractivity contribution in [3.63, 3.8) is 0 Å². The lowest BCUT2D eigenvalue weighted by atomic mass is 10.0. The number of allylic oxidation sites excluding steroid dienone is 18. The summed E-state index contributed by atoms with van der Waals surface area (Å²) in [5, 5.41) is 0. The highest BCUT2D eigenvalue weighted by atomic mass is 16.6. The van der Waals surface area contributed by atoms with Gasteiger partial charge in [-0.3, -0.25) is 14.4 Å². The van der Waals surface area contributed by atoms with Crippen LogP contribution in [0.4, 0.5) is 0 Å². The Morgan fingerprint density at radius 3 is 0.790 bits per heavy atom. The monoisotopic (exact) mass is 1120 g/mol. The van der Waals surface area contributed by atoms with Crippen molar-refractivity contribution in [2.45, 2.75) is 335 Å². The van der Waals surface area contributed by atoms with E-state index >= 15 is 0 Å². The van der Waals surface area contributed by atoms with Crippen molar-refractivity contribution < 1.29 is 28.6 Å². The van der Waals surface area contributed by atoms with Gasteiger partial charge in [0.15, 0.2) is 6.10 Å². The van der Waals surface area contributed by atoms with Crippen LogP contribution in [0.25, 0.3) is 0 Å². The quantitative estimate of drug-likeness (QED) is 0.0261. The van der Waals surface area contributed by atoms with Gasteiger partial charge in [0.1, 0.15) is 13.2 Å². The van der Waals surface area contributed by atoms with E-state index < -0.39 is 6.10 Å². The van der Waals surface area contributed by atoms with Crippen molar-refractivity contribution in [2.24, 2.45) is 0 Å². The van der Waals surface area contributed by atoms with Gasteiger partial charge in [0.05, 0.1) is 0 Å². The minimum absolute atomic E-state index is 0.0944. The molecule has 0 N–H and O–H groups in total. The molecular formula is C75H128O6. The summed E-state index contributed by atoms with van der Waals surface area (Å²) in [6.45, 7) is 6.52. The Labute approximate surface area is 501 Å². The van der Waals surface area contributed by atoms with Crippen LogP contribution in [-0.2, 0) is 28.6 Å². The maximum Gasteiger partial charge on any atom is 0.306 e. The van der Waals surface area contributed by atoms with Crippen molar-refractivity contribution in [3.05, 3.63) is 109 Å². The van der Waals surface area contributed by atoms with E-state index in [1.165, 1.54) is 173 Å². The molecule has 0 aromatic heterocycles. The van der Waals surface area contributed by atoms with E-state index in [2.05, 4.69) is 130 Å². The van der Waals surface area contributed by atoms with Gasteiger partial charge in [0.25, 0.3) is 0 Å². The molecule has 1 unspecified atom stereocenters. The van der Waals surface area contributed by atoms with E-state index in [4.69, 9.17) is 14.2 Å². The first-order valence-electron chi connectivity index (χ1n) is 34.4. The van der Waals surface area contributed by atoms with E-state index in [0.29, 0.717) is 19.3 Å². The Kier molecular flexibility index (Phi) is 65.2. The molecule has 0 aliphatic heterocycles. The number of hydrogen-bond acceptors (Lipinski definition) is 6. The third-order valence-electron chi connectivity index (χ3n) is 14.8. The van der Waals surface area contributed by atoms with Crippen LogP contribution in [0.3, 0.4) is 0 Å². The molecule has 6 heteroatoms. The van der Waals surface area contributed by atoms with Gasteiger partial charge in [-0.05, 0) is 109 Å². The number of ether oxygens (including phenoxy) is 3. The second-order valence-corrected chi connectivity index (χ2v) is 22.7. The van der Waals surface area contributed by atoms with E-state index in [9.17, 15) is 14.4 Å². The summed E-state index contributed by atoms with van der Waals surface area (Å²) in [6.07, 6.45) is 93.9. The van der Waals surface area contributed by atoms with Crippen molar-refractivity contribution in [2.75, 3.05) is 13.2 Å². The number of esters is 3. The predicted octanol–water partition coefficient (Wildman–Crippen LogP) is 23.8. The second-order valence-electron chi connectivity index (χ2n) is 22.7. The van der Waals surface area contributed by atoms with Crippen LogP contribution >= 0.6 is 0 Å². The summed E-state index contributed by atoms with van der Waals surface area (Å²) in [7, 11) is 0. The number of hydrogen-bond donors (Lipinski definition) is 0. The van der Waals surface area contributed by atoms with Crippen molar-refractivity contribution in [1.29, 1.82) is 0 Å².